The van der Waals surface area contributed by atoms with Crippen LogP contribution >= 0.6 is 0 Å². The lowest BCUT2D eigenvalue weighted by Gasteiger charge is -2.26. The van der Waals surface area contributed by atoms with Crippen molar-refractivity contribution in [3.63, 3.8) is 0 Å². The number of anilines is 2. The summed E-state index contributed by atoms with van der Waals surface area (Å²) in [5.41, 5.74) is 0.107. The normalized spacial score (nSPS) is 18.9. The maximum absolute atomic E-state index is 14.7. The predicted molar refractivity (Wildman–Crippen MR) is 129 cm³/mol. The minimum absolute atomic E-state index is 0.0204. The van der Waals surface area contributed by atoms with Gasteiger partial charge in [0.15, 0.2) is 0 Å². The van der Waals surface area contributed by atoms with Gasteiger partial charge < -0.3 is 20.3 Å². The summed E-state index contributed by atoms with van der Waals surface area (Å²) < 4.78 is 46.2. The first-order chi connectivity index (χ1) is 17.3. The van der Waals surface area contributed by atoms with Crippen LogP contribution in [0.5, 0.6) is 0 Å². The Bertz CT molecular complexity index is 1290. The van der Waals surface area contributed by atoms with Crippen LogP contribution < -0.4 is 15.5 Å². The second-order valence-corrected chi connectivity index (χ2v) is 9.27. The molecule has 0 spiro atoms. The van der Waals surface area contributed by atoms with Gasteiger partial charge in [0, 0.05) is 30.1 Å². The number of ether oxygens (including phenoxy) is 1. The number of amides is 1. The molecule has 2 fully saturated rings. The maximum atomic E-state index is 14.7. The number of pyridine rings is 1. The van der Waals surface area contributed by atoms with E-state index < -0.39 is 23.8 Å². The molecule has 0 saturated carbocycles. The minimum atomic E-state index is -2.90. The molecular formula is C25H27F3N6O2. The Morgan fingerprint density at radius 1 is 1.22 bits per heavy atom. The Balaban J connectivity index is 1.37. The zero-order valence-corrected chi connectivity index (χ0v) is 20.0. The fraction of sp³-hybridized carbons (Fsp3) is 0.440. The molecule has 2 aliphatic heterocycles. The van der Waals surface area contributed by atoms with E-state index in [2.05, 4.69) is 30.5 Å². The lowest BCUT2D eigenvalue weighted by Crippen LogP contribution is -2.47. The number of aryl methyl sites for hydroxylation is 1. The van der Waals surface area contributed by atoms with Crippen molar-refractivity contribution in [2.45, 2.75) is 38.8 Å². The van der Waals surface area contributed by atoms with Gasteiger partial charge in [0.1, 0.15) is 23.3 Å². The number of carbonyl (C=O) groups excluding carboxylic acids is 1. The number of carbonyl (C=O) groups is 1. The smallest absolute Gasteiger partial charge is 0.266 e. The molecule has 2 aliphatic rings. The van der Waals surface area contributed by atoms with E-state index in [9.17, 15) is 18.0 Å². The van der Waals surface area contributed by atoms with Crippen molar-refractivity contribution in [2.24, 2.45) is 5.92 Å². The number of fused-ring (bicyclic) bond motifs is 1. The molecule has 2 saturated heterocycles. The quantitative estimate of drug-likeness (QED) is 0.508. The van der Waals surface area contributed by atoms with Crippen LogP contribution in [0.4, 0.5) is 24.8 Å². The fourth-order valence-electron chi connectivity index (χ4n) is 4.57. The van der Waals surface area contributed by atoms with Crippen LogP contribution in [0.1, 0.15) is 42.8 Å². The van der Waals surface area contributed by atoms with Crippen LogP contribution in [0.3, 0.4) is 0 Å². The van der Waals surface area contributed by atoms with Crippen molar-refractivity contribution in [1.29, 1.82) is 0 Å². The molecule has 11 heteroatoms. The Kier molecular flexibility index (Phi) is 6.65. The number of hydrogen-bond donors (Lipinski definition) is 2. The minimum Gasteiger partial charge on any atom is -0.380 e. The van der Waals surface area contributed by atoms with E-state index in [4.69, 9.17) is 4.74 Å². The van der Waals surface area contributed by atoms with Crippen molar-refractivity contribution in [1.82, 2.24) is 20.3 Å². The number of aromatic nitrogens is 3. The largest absolute Gasteiger partial charge is 0.380 e. The van der Waals surface area contributed by atoms with Gasteiger partial charge in [-0.3, -0.25) is 4.79 Å². The Hall–Kier alpha value is -3.47. The van der Waals surface area contributed by atoms with Gasteiger partial charge in [0.05, 0.1) is 42.5 Å². The molecule has 5 rings (SSSR count). The summed E-state index contributed by atoms with van der Waals surface area (Å²) in [6, 6.07) is 5.25. The average Bonchev–Trinajstić information content (AvgIpc) is 3.25. The van der Waals surface area contributed by atoms with E-state index in [1.165, 1.54) is 12.1 Å². The fourth-order valence-corrected chi connectivity index (χ4v) is 4.57. The van der Waals surface area contributed by atoms with Crippen molar-refractivity contribution in [3.8, 4) is 0 Å². The summed E-state index contributed by atoms with van der Waals surface area (Å²) in [7, 11) is 0. The Labute approximate surface area is 206 Å². The van der Waals surface area contributed by atoms with Gasteiger partial charge in [-0.05, 0) is 26.3 Å². The van der Waals surface area contributed by atoms with Gasteiger partial charge in [0.25, 0.3) is 6.43 Å². The van der Waals surface area contributed by atoms with E-state index in [-0.39, 0.29) is 23.4 Å². The molecule has 1 aromatic carbocycles. The summed E-state index contributed by atoms with van der Waals surface area (Å²) >= 11 is 0. The summed E-state index contributed by atoms with van der Waals surface area (Å²) in [6.45, 7) is 5.72. The van der Waals surface area contributed by atoms with Gasteiger partial charge in [0.2, 0.25) is 5.91 Å². The molecule has 3 aromatic rings. The highest BCUT2D eigenvalue weighted by atomic mass is 19.3. The lowest BCUT2D eigenvalue weighted by atomic mass is 10.0. The van der Waals surface area contributed by atoms with E-state index in [1.807, 2.05) is 6.07 Å². The molecule has 4 heterocycles. The highest BCUT2D eigenvalue weighted by molar-refractivity contribution is 5.90. The predicted octanol–water partition coefficient (Wildman–Crippen LogP) is 3.92. The third kappa shape index (κ3) is 4.79. The number of nitrogens with zero attached hydrogens (tertiary/aromatic N) is 4. The molecule has 36 heavy (non-hydrogen) atoms. The van der Waals surface area contributed by atoms with Gasteiger partial charge in [-0.2, -0.15) is 0 Å². The number of alkyl halides is 2. The molecule has 2 atom stereocenters. The zero-order valence-electron chi connectivity index (χ0n) is 20.0. The highest BCUT2D eigenvalue weighted by Crippen LogP contribution is 2.31. The zero-order chi connectivity index (χ0) is 25.4. The Morgan fingerprint density at radius 2 is 2.00 bits per heavy atom. The van der Waals surface area contributed by atoms with Gasteiger partial charge in [-0.25, -0.2) is 28.1 Å². The molecular weight excluding hydrogens is 473 g/mol. The van der Waals surface area contributed by atoms with Crippen LogP contribution in [-0.2, 0) is 9.53 Å². The van der Waals surface area contributed by atoms with Crippen molar-refractivity contribution in [3.05, 3.63) is 53.2 Å². The van der Waals surface area contributed by atoms with E-state index in [0.29, 0.717) is 48.1 Å². The molecule has 8 nitrogen and oxygen atoms in total. The molecule has 0 bridgehead atoms. The maximum Gasteiger partial charge on any atom is 0.266 e. The third-order valence-electron chi connectivity index (χ3n) is 6.66. The van der Waals surface area contributed by atoms with Crippen molar-refractivity contribution < 1.29 is 22.7 Å². The van der Waals surface area contributed by atoms with Crippen LogP contribution in [0.25, 0.3) is 10.9 Å². The van der Waals surface area contributed by atoms with Crippen LogP contribution in [0.15, 0.2) is 30.5 Å². The van der Waals surface area contributed by atoms with Crippen molar-refractivity contribution in [2.75, 3.05) is 36.5 Å². The molecule has 0 radical (unpaired) electrons. The van der Waals surface area contributed by atoms with Gasteiger partial charge >= 0.3 is 0 Å². The van der Waals surface area contributed by atoms with Gasteiger partial charge in [-0.15, -0.1) is 0 Å². The van der Waals surface area contributed by atoms with Crippen LogP contribution in [-0.4, -0.2) is 53.2 Å². The standard InChI is InChI=1S/C25H27F3N6O2/c1-13(17-4-3-5-18(22(17)26)23(27)28)30-24-19-8-21(29-9-20(19)31-14(2)32-24)34-7-6-16(10-34)33-25(35)15-11-36-12-15/h3-5,8-9,13,15-16,23H,6-7,10-12H2,1-2H3,(H,33,35)(H,30,31,32)/t13?,16-/m1/s1. The molecule has 2 N–H and O–H groups in total. The number of rotatable bonds is 7. The summed E-state index contributed by atoms with van der Waals surface area (Å²) in [6.07, 6.45) is -0.445. The Morgan fingerprint density at radius 3 is 2.72 bits per heavy atom. The topological polar surface area (TPSA) is 92.3 Å². The van der Waals surface area contributed by atoms with Gasteiger partial charge in [-0.1, -0.05) is 18.2 Å². The van der Waals surface area contributed by atoms with Crippen LogP contribution in [0, 0.1) is 18.7 Å². The molecule has 1 unspecified atom stereocenters. The second-order valence-electron chi connectivity index (χ2n) is 9.27. The first-order valence-corrected chi connectivity index (χ1v) is 11.9. The van der Waals surface area contributed by atoms with E-state index in [0.717, 1.165) is 19.0 Å². The highest BCUT2D eigenvalue weighted by Gasteiger charge is 2.31. The first-order valence-electron chi connectivity index (χ1n) is 11.9. The second kappa shape index (κ2) is 9.88. The number of benzene rings is 1. The third-order valence-corrected chi connectivity index (χ3v) is 6.66. The molecule has 0 aliphatic carbocycles. The summed E-state index contributed by atoms with van der Waals surface area (Å²) in [5.74, 6) is 0.693. The van der Waals surface area contributed by atoms with Crippen molar-refractivity contribution >= 4 is 28.4 Å². The average molecular weight is 501 g/mol. The molecule has 190 valence electrons. The summed E-state index contributed by atoms with van der Waals surface area (Å²) in [4.78, 5) is 27.9. The number of halogens is 3. The summed E-state index contributed by atoms with van der Waals surface area (Å²) in [5, 5.41) is 6.94. The first kappa shape index (κ1) is 24.2. The molecule has 2 aromatic heterocycles. The van der Waals surface area contributed by atoms with Crippen LogP contribution in [0.2, 0.25) is 0 Å². The monoisotopic (exact) mass is 500 g/mol. The van der Waals surface area contributed by atoms with E-state index in [1.54, 1.807) is 20.0 Å². The number of nitrogens with one attached hydrogen (secondary N) is 2. The van der Waals surface area contributed by atoms with E-state index >= 15 is 0 Å². The number of hydrogen-bond acceptors (Lipinski definition) is 7. The SMILES string of the molecule is Cc1nc(NC(C)c2cccc(C(F)F)c2F)c2cc(N3CC[C@@H](NC(=O)C4COC4)C3)ncc2n1. The lowest BCUT2D eigenvalue weighted by molar-refractivity contribution is -0.139. The molecule has 1 amide bonds.